The molecule has 0 spiro atoms. The number of nitrogens with one attached hydrogen (secondary N) is 1. The largest absolute Gasteiger partial charge is 0.374 e. The normalized spacial score (nSPS) is 12.4. The Balaban J connectivity index is 2.02. The van der Waals surface area contributed by atoms with Gasteiger partial charge < -0.3 is 14.6 Å². The quantitative estimate of drug-likeness (QED) is 0.921. The lowest BCUT2D eigenvalue weighted by atomic mass is 10.2. The monoisotopic (exact) mass is 314 g/mol. The van der Waals surface area contributed by atoms with Crippen LogP contribution in [0, 0.1) is 13.8 Å². The van der Waals surface area contributed by atoms with Crippen LogP contribution in [0.5, 0.6) is 0 Å². The highest BCUT2D eigenvalue weighted by molar-refractivity contribution is 7.16. The minimum atomic E-state index is -0.225. The van der Waals surface area contributed by atoms with Crippen molar-refractivity contribution in [2.24, 2.45) is 0 Å². The molecular weight excluding hydrogens is 300 g/mol. The van der Waals surface area contributed by atoms with Crippen LogP contribution in [0.2, 0.25) is 4.34 Å². The van der Waals surface area contributed by atoms with Crippen molar-refractivity contribution in [1.29, 1.82) is 0 Å². The standard InChI is InChI=1S/C13H15ClN2O3S/c1-7-12(8(2)19-16-7)13(17)15-6-9(18-3)10-4-5-11(14)20-10/h4-5,9H,6H2,1-3H3,(H,15,17). The molecule has 1 amide bonds. The van der Waals surface area contributed by atoms with Gasteiger partial charge in [-0.1, -0.05) is 16.8 Å². The molecule has 0 radical (unpaired) electrons. The highest BCUT2D eigenvalue weighted by atomic mass is 35.5. The van der Waals surface area contributed by atoms with Gasteiger partial charge in [-0.05, 0) is 26.0 Å². The summed E-state index contributed by atoms with van der Waals surface area (Å²) in [7, 11) is 1.60. The second-order valence-corrected chi connectivity index (χ2v) is 6.02. The van der Waals surface area contributed by atoms with Crippen LogP contribution in [0.3, 0.4) is 0 Å². The molecule has 0 fully saturated rings. The molecular formula is C13H15ClN2O3S. The first kappa shape index (κ1) is 15.0. The number of hydrogen-bond donors (Lipinski definition) is 1. The SMILES string of the molecule is COC(CNC(=O)c1c(C)noc1C)c1ccc(Cl)s1. The molecule has 2 aromatic rings. The van der Waals surface area contributed by atoms with Crippen LogP contribution in [0.4, 0.5) is 0 Å². The highest BCUT2D eigenvalue weighted by Crippen LogP contribution is 2.28. The third kappa shape index (κ3) is 3.20. The van der Waals surface area contributed by atoms with Gasteiger partial charge in [0.2, 0.25) is 0 Å². The fourth-order valence-corrected chi connectivity index (χ4v) is 3.02. The predicted molar refractivity (Wildman–Crippen MR) is 77.4 cm³/mol. The summed E-state index contributed by atoms with van der Waals surface area (Å²) in [5, 5.41) is 6.59. The Kier molecular flexibility index (Phi) is 4.80. The van der Waals surface area contributed by atoms with Crippen LogP contribution >= 0.6 is 22.9 Å². The fraction of sp³-hybridized carbons (Fsp3) is 0.385. The van der Waals surface area contributed by atoms with Crippen molar-refractivity contribution >= 4 is 28.8 Å². The molecule has 0 bridgehead atoms. The molecule has 2 heterocycles. The zero-order valence-electron chi connectivity index (χ0n) is 11.4. The van der Waals surface area contributed by atoms with E-state index in [-0.39, 0.29) is 12.0 Å². The molecule has 108 valence electrons. The zero-order valence-corrected chi connectivity index (χ0v) is 13.0. The Hall–Kier alpha value is -1.37. The molecule has 0 aliphatic carbocycles. The summed E-state index contributed by atoms with van der Waals surface area (Å²) in [5.74, 6) is 0.291. The van der Waals surface area contributed by atoms with Gasteiger partial charge in [0.25, 0.3) is 5.91 Å². The first-order valence-corrected chi connectivity index (χ1v) is 7.21. The van der Waals surface area contributed by atoms with E-state index >= 15 is 0 Å². The van der Waals surface area contributed by atoms with Crippen LogP contribution in [0.15, 0.2) is 16.7 Å². The number of carbonyl (C=O) groups excluding carboxylic acids is 1. The summed E-state index contributed by atoms with van der Waals surface area (Å²) in [6.45, 7) is 3.80. The van der Waals surface area contributed by atoms with Crippen molar-refractivity contribution in [1.82, 2.24) is 10.5 Å². The maximum atomic E-state index is 12.1. The molecule has 7 heteroatoms. The lowest BCUT2D eigenvalue weighted by molar-refractivity contribution is 0.0836. The number of aromatic nitrogens is 1. The Morgan fingerprint density at radius 1 is 1.55 bits per heavy atom. The second kappa shape index (κ2) is 6.39. The van der Waals surface area contributed by atoms with Gasteiger partial charge in [0, 0.05) is 18.5 Å². The van der Waals surface area contributed by atoms with E-state index in [0.29, 0.717) is 27.9 Å². The predicted octanol–water partition coefficient (Wildman–Crippen LogP) is 3.12. The number of thiophene rings is 1. The summed E-state index contributed by atoms with van der Waals surface area (Å²) in [5.41, 5.74) is 1.05. The Morgan fingerprint density at radius 3 is 2.80 bits per heavy atom. The van der Waals surface area contributed by atoms with E-state index in [1.807, 2.05) is 12.1 Å². The first-order chi connectivity index (χ1) is 9.52. The molecule has 1 unspecified atom stereocenters. The highest BCUT2D eigenvalue weighted by Gasteiger charge is 2.19. The number of amides is 1. The summed E-state index contributed by atoms with van der Waals surface area (Å²) in [4.78, 5) is 13.1. The van der Waals surface area contributed by atoms with Crippen LogP contribution in [-0.2, 0) is 4.74 Å². The van der Waals surface area contributed by atoms with Crippen molar-refractivity contribution in [2.75, 3.05) is 13.7 Å². The third-order valence-corrected chi connectivity index (χ3v) is 4.23. The van der Waals surface area contributed by atoms with Crippen LogP contribution < -0.4 is 5.32 Å². The van der Waals surface area contributed by atoms with E-state index in [2.05, 4.69) is 10.5 Å². The molecule has 5 nitrogen and oxygen atoms in total. The van der Waals surface area contributed by atoms with Crippen molar-refractivity contribution < 1.29 is 14.1 Å². The minimum Gasteiger partial charge on any atom is -0.374 e. The van der Waals surface area contributed by atoms with E-state index in [4.69, 9.17) is 20.9 Å². The molecule has 0 aromatic carbocycles. The van der Waals surface area contributed by atoms with Crippen molar-refractivity contribution in [3.8, 4) is 0 Å². The molecule has 0 aliphatic rings. The number of aryl methyl sites for hydroxylation is 2. The van der Waals surface area contributed by atoms with Crippen LogP contribution in [-0.4, -0.2) is 24.7 Å². The van der Waals surface area contributed by atoms with Crippen molar-refractivity contribution in [3.05, 3.63) is 38.4 Å². The molecule has 0 aliphatic heterocycles. The van der Waals surface area contributed by atoms with Crippen molar-refractivity contribution in [3.63, 3.8) is 0 Å². The van der Waals surface area contributed by atoms with Gasteiger partial charge >= 0.3 is 0 Å². The maximum Gasteiger partial charge on any atom is 0.256 e. The fourth-order valence-electron chi connectivity index (χ4n) is 1.88. The summed E-state index contributed by atoms with van der Waals surface area (Å²) >= 11 is 7.34. The average Bonchev–Trinajstić information content (AvgIpc) is 2.97. The first-order valence-electron chi connectivity index (χ1n) is 6.02. The number of nitrogens with zero attached hydrogens (tertiary/aromatic N) is 1. The smallest absolute Gasteiger partial charge is 0.256 e. The van der Waals surface area contributed by atoms with Gasteiger partial charge in [-0.25, -0.2) is 0 Å². The Bertz CT molecular complexity index is 589. The molecule has 1 atom stereocenters. The molecule has 2 aromatic heterocycles. The maximum absolute atomic E-state index is 12.1. The van der Waals surface area contributed by atoms with Gasteiger partial charge in [0.15, 0.2) is 0 Å². The lowest BCUT2D eigenvalue weighted by Crippen LogP contribution is -2.29. The van der Waals surface area contributed by atoms with E-state index in [9.17, 15) is 4.79 Å². The van der Waals surface area contributed by atoms with E-state index < -0.39 is 0 Å². The zero-order chi connectivity index (χ0) is 14.7. The van der Waals surface area contributed by atoms with Crippen LogP contribution in [0.25, 0.3) is 0 Å². The number of rotatable bonds is 5. The molecule has 0 saturated carbocycles. The Labute approximate surface area is 125 Å². The molecule has 2 rings (SSSR count). The number of carbonyl (C=O) groups is 1. The van der Waals surface area contributed by atoms with E-state index in [1.54, 1.807) is 21.0 Å². The number of hydrogen-bond acceptors (Lipinski definition) is 5. The van der Waals surface area contributed by atoms with E-state index in [1.165, 1.54) is 11.3 Å². The second-order valence-electron chi connectivity index (χ2n) is 4.28. The Morgan fingerprint density at radius 2 is 2.30 bits per heavy atom. The molecule has 1 N–H and O–H groups in total. The number of ether oxygens (including phenoxy) is 1. The van der Waals surface area contributed by atoms with E-state index in [0.717, 1.165) is 4.88 Å². The number of methoxy groups -OCH3 is 1. The van der Waals surface area contributed by atoms with Crippen LogP contribution in [0.1, 0.15) is 32.8 Å². The summed E-state index contributed by atoms with van der Waals surface area (Å²) in [6, 6.07) is 3.70. The lowest BCUT2D eigenvalue weighted by Gasteiger charge is -2.14. The van der Waals surface area contributed by atoms with Gasteiger partial charge in [0.1, 0.15) is 17.4 Å². The third-order valence-electron chi connectivity index (χ3n) is 2.90. The minimum absolute atomic E-state index is 0.217. The van der Waals surface area contributed by atoms with Crippen molar-refractivity contribution in [2.45, 2.75) is 20.0 Å². The number of halogens is 1. The van der Waals surface area contributed by atoms with Gasteiger partial charge in [0.05, 0.1) is 10.0 Å². The van der Waals surface area contributed by atoms with Gasteiger partial charge in [-0.3, -0.25) is 4.79 Å². The summed E-state index contributed by atoms with van der Waals surface area (Å²) in [6.07, 6.45) is -0.225. The molecule has 0 saturated heterocycles. The molecule has 20 heavy (non-hydrogen) atoms. The topological polar surface area (TPSA) is 64.4 Å². The summed E-state index contributed by atoms with van der Waals surface area (Å²) < 4.78 is 11.0. The van der Waals surface area contributed by atoms with Gasteiger partial charge in [-0.2, -0.15) is 0 Å². The average molecular weight is 315 g/mol. The van der Waals surface area contributed by atoms with Gasteiger partial charge in [-0.15, -0.1) is 11.3 Å².